The van der Waals surface area contributed by atoms with Crippen molar-refractivity contribution in [2.24, 2.45) is 11.7 Å². The van der Waals surface area contributed by atoms with Gasteiger partial charge in [-0.05, 0) is 39.5 Å². The number of nitrogens with two attached hydrogens (primary N) is 1. The molecule has 0 aromatic heterocycles. The van der Waals surface area contributed by atoms with Crippen LogP contribution in [0, 0.1) is 5.92 Å². The summed E-state index contributed by atoms with van der Waals surface area (Å²) in [6.07, 6.45) is 1.66. The lowest BCUT2D eigenvalue weighted by molar-refractivity contribution is -0.0387. The minimum Gasteiger partial charge on any atom is -0.444 e. The van der Waals surface area contributed by atoms with Crippen molar-refractivity contribution in [3.8, 4) is 0 Å². The summed E-state index contributed by atoms with van der Waals surface area (Å²) in [6, 6.07) is -0.150. The van der Waals surface area contributed by atoms with E-state index in [2.05, 4.69) is 13.8 Å². The van der Waals surface area contributed by atoms with Crippen molar-refractivity contribution in [1.82, 2.24) is 4.90 Å². The molecule has 0 aliphatic carbocycles. The van der Waals surface area contributed by atoms with Crippen LogP contribution in [0.2, 0.25) is 0 Å². The fourth-order valence-electron chi connectivity index (χ4n) is 2.24. The third-order valence-electron chi connectivity index (χ3n) is 3.37. The second kappa shape index (κ2) is 7.27. The highest BCUT2D eigenvalue weighted by Gasteiger charge is 2.34. The van der Waals surface area contributed by atoms with Gasteiger partial charge in [0.05, 0.1) is 19.3 Å². The standard InChI is InChI=1S/C15H30N2O3/c1-11(2)6-7-12(16)13-10-19-9-8-17(13)14(18)20-15(3,4)5/h11-13H,6-10,16H2,1-5H3. The summed E-state index contributed by atoms with van der Waals surface area (Å²) < 4.78 is 11.0. The largest absolute Gasteiger partial charge is 0.444 e. The Bertz CT molecular complexity index is 313. The lowest BCUT2D eigenvalue weighted by Gasteiger charge is -2.39. The lowest BCUT2D eigenvalue weighted by atomic mass is 9.97. The van der Waals surface area contributed by atoms with E-state index in [1.807, 2.05) is 20.8 Å². The quantitative estimate of drug-likeness (QED) is 0.862. The number of ether oxygens (including phenoxy) is 2. The van der Waals surface area contributed by atoms with E-state index >= 15 is 0 Å². The van der Waals surface area contributed by atoms with Gasteiger partial charge in [0.15, 0.2) is 0 Å². The van der Waals surface area contributed by atoms with Crippen LogP contribution < -0.4 is 5.73 Å². The second-order valence-electron chi connectivity index (χ2n) is 6.95. The van der Waals surface area contributed by atoms with Gasteiger partial charge in [-0.3, -0.25) is 4.90 Å². The predicted octanol–water partition coefficient (Wildman–Crippen LogP) is 2.39. The Balaban J connectivity index is 2.63. The van der Waals surface area contributed by atoms with Crippen LogP contribution in [-0.2, 0) is 9.47 Å². The molecule has 2 N–H and O–H groups in total. The molecule has 0 saturated carbocycles. The van der Waals surface area contributed by atoms with Gasteiger partial charge in [0.2, 0.25) is 0 Å². The molecule has 5 heteroatoms. The van der Waals surface area contributed by atoms with Crippen molar-refractivity contribution < 1.29 is 14.3 Å². The Labute approximate surface area is 122 Å². The molecule has 118 valence electrons. The van der Waals surface area contributed by atoms with Crippen LogP contribution in [0.1, 0.15) is 47.5 Å². The molecule has 1 amide bonds. The van der Waals surface area contributed by atoms with Gasteiger partial charge in [0.25, 0.3) is 0 Å². The van der Waals surface area contributed by atoms with E-state index in [1.54, 1.807) is 4.90 Å². The summed E-state index contributed by atoms with van der Waals surface area (Å²) in [6.45, 7) is 11.6. The molecule has 1 fully saturated rings. The Kier molecular flexibility index (Phi) is 6.27. The average molecular weight is 286 g/mol. The Morgan fingerprint density at radius 3 is 2.60 bits per heavy atom. The first-order chi connectivity index (χ1) is 9.20. The molecule has 1 saturated heterocycles. The maximum absolute atomic E-state index is 12.3. The number of morpholine rings is 1. The van der Waals surface area contributed by atoms with Crippen molar-refractivity contribution in [3.05, 3.63) is 0 Å². The summed E-state index contributed by atoms with van der Waals surface area (Å²) in [5.41, 5.74) is 5.78. The molecule has 2 unspecified atom stereocenters. The fourth-order valence-corrected chi connectivity index (χ4v) is 2.24. The monoisotopic (exact) mass is 286 g/mol. The smallest absolute Gasteiger partial charge is 0.410 e. The summed E-state index contributed by atoms with van der Waals surface area (Å²) in [4.78, 5) is 14.0. The number of nitrogens with zero attached hydrogens (tertiary/aromatic N) is 1. The van der Waals surface area contributed by atoms with Crippen molar-refractivity contribution in [1.29, 1.82) is 0 Å². The van der Waals surface area contributed by atoms with Gasteiger partial charge in [0.1, 0.15) is 5.60 Å². The summed E-state index contributed by atoms with van der Waals surface area (Å²) in [5.74, 6) is 0.612. The molecule has 1 heterocycles. The molecule has 1 rings (SSSR count). The Morgan fingerprint density at radius 2 is 2.05 bits per heavy atom. The van der Waals surface area contributed by atoms with E-state index in [0.717, 1.165) is 12.8 Å². The van der Waals surface area contributed by atoms with Gasteiger partial charge in [-0.15, -0.1) is 0 Å². The van der Waals surface area contributed by atoms with E-state index in [9.17, 15) is 4.79 Å². The van der Waals surface area contributed by atoms with Gasteiger partial charge >= 0.3 is 6.09 Å². The van der Waals surface area contributed by atoms with Crippen LogP contribution in [0.15, 0.2) is 0 Å². The lowest BCUT2D eigenvalue weighted by Crippen LogP contribution is -2.57. The summed E-state index contributed by atoms with van der Waals surface area (Å²) in [7, 11) is 0. The van der Waals surface area contributed by atoms with Gasteiger partial charge in [-0.2, -0.15) is 0 Å². The van der Waals surface area contributed by atoms with Crippen LogP contribution >= 0.6 is 0 Å². The molecular weight excluding hydrogens is 256 g/mol. The zero-order valence-electron chi connectivity index (χ0n) is 13.5. The highest BCUT2D eigenvalue weighted by Crippen LogP contribution is 2.18. The number of hydrogen-bond donors (Lipinski definition) is 1. The second-order valence-corrected chi connectivity index (χ2v) is 6.95. The molecule has 0 aromatic rings. The van der Waals surface area contributed by atoms with E-state index in [0.29, 0.717) is 25.7 Å². The van der Waals surface area contributed by atoms with Crippen LogP contribution in [0.3, 0.4) is 0 Å². The molecule has 5 nitrogen and oxygen atoms in total. The number of carbonyl (C=O) groups excluding carboxylic acids is 1. The van der Waals surface area contributed by atoms with Gasteiger partial charge in [-0.1, -0.05) is 13.8 Å². The van der Waals surface area contributed by atoms with Gasteiger partial charge < -0.3 is 15.2 Å². The van der Waals surface area contributed by atoms with Crippen LogP contribution in [0.5, 0.6) is 0 Å². The first-order valence-electron chi connectivity index (χ1n) is 7.53. The fraction of sp³-hybridized carbons (Fsp3) is 0.933. The van der Waals surface area contributed by atoms with E-state index < -0.39 is 5.60 Å². The Morgan fingerprint density at radius 1 is 1.40 bits per heavy atom. The minimum atomic E-state index is -0.484. The SMILES string of the molecule is CC(C)CCC(N)C1COCCN1C(=O)OC(C)(C)C. The molecule has 1 aliphatic heterocycles. The zero-order valence-corrected chi connectivity index (χ0v) is 13.5. The first-order valence-corrected chi connectivity index (χ1v) is 7.53. The van der Waals surface area contributed by atoms with Crippen molar-refractivity contribution in [2.45, 2.75) is 65.1 Å². The first kappa shape index (κ1) is 17.2. The van der Waals surface area contributed by atoms with Crippen LogP contribution in [0.25, 0.3) is 0 Å². The molecule has 1 aliphatic rings. The molecular formula is C15H30N2O3. The van der Waals surface area contributed by atoms with Crippen LogP contribution in [0.4, 0.5) is 4.79 Å². The molecule has 20 heavy (non-hydrogen) atoms. The highest BCUT2D eigenvalue weighted by atomic mass is 16.6. The zero-order chi connectivity index (χ0) is 15.3. The number of amides is 1. The predicted molar refractivity (Wildman–Crippen MR) is 79.6 cm³/mol. The molecule has 2 atom stereocenters. The maximum atomic E-state index is 12.3. The molecule has 0 bridgehead atoms. The molecule has 0 spiro atoms. The van der Waals surface area contributed by atoms with E-state index in [4.69, 9.17) is 15.2 Å². The summed E-state index contributed by atoms with van der Waals surface area (Å²) in [5, 5.41) is 0. The molecule has 0 radical (unpaired) electrons. The highest BCUT2D eigenvalue weighted by molar-refractivity contribution is 5.68. The Hall–Kier alpha value is -0.810. The normalized spacial score (nSPS) is 21.9. The third-order valence-corrected chi connectivity index (χ3v) is 3.37. The van der Waals surface area contributed by atoms with Gasteiger partial charge in [0, 0.05) is 12.6 Å². The van der Waals surface area contributed by atoms with Crippen molar-refractivity contribution >= 4 is 6.09 Å². The molecule has 0 aromatic carbocycles. The average Bonchev–Trinajstić information content (AvgIpc) is 2.33. The number of hydrogen-bond acceptors (Lipinski definition) is 4. The van der Waals surface area contributed by atoms with Gasteiger partial charge in [-0.25, -0.2) is 4.79 Å². The van der Waals surface area contributed by atoms with E-state index in [1.165, 1.54) is 0 Å². The minimum absolute atomic E-state index is 0.0646. The maximum Gasteiger partial charge on any atom is 0.410 e. The topological polar surface area (TPSA) is 64.8 Å². The number of rotatable bonds is 4. The van der Waals surface area contributed by atoms with Crippen LogP contribution in [-0.4, -0.2) is 48.4 Å². The summed E-state index contributed by atoms with van der Waals surface area (Å²) >= 11 is 0. The number of carbonyl (C=O) groups is 1. The van der Waals surface area contributed by atoms with Crippen molar-refractivity contribution in [3.63, 3.8) is 0 Å². The van der Waals surface area contributed by atoms with E-state index in [-0.39, 0.29) is 18.2 Å². The van der Waals surface area contributed by atoms with Crippen molar-refractivity contribution in [2.75, 3.05) is 19.8 Å². The third kappa shape index (κ3) is 5.67.